The van der Waals surface area contributed by atoms with Gasteiger partial charge < -0.3 is 15.0 Å². The standard InChI is InChI=1S/C15H22N2O2S/c1-11(10-20-3)16-15(18)17-8-7-13-12(9-17)5-4-6-14(13)19-2/h4-6,11H,7-10H2,1-3H3,(H,16,18)/t11-/m1/s1. The lowest BCUT2D eigenvalue weighted by atomic mass is 9.99. The normalized spacial score (nSPS) is 15.4. The second-order valence-electron chi connectivity index (χ2n) is 5.08. The van der Waals surface area contributed by atoms with E-state index >= 15 is 0 Å². The highest BCUT2D eigenvalue weighted by molar-refractivity contribution is 7.98. The van der Waals surface area contributed by atoms with E-state index in [0.29, 0.717) is 6.54 Å². The average molecular weight is 294 g/mol. The SMILES string of the molecule is COc1cccc2c1CCN(C(=O)N[C@H](C)CSC)C2. The van der Waals surface area contributed by atoms with Gasteiger partial charge in [0.05, 0.1) is 7.11 Å². The Labute approximate surface area is 124 Å². The number of benzene rings is 1. The summed E-state index contributed by atoms with van der Waals surface area (Å²) in [5.41, 5.74) is 2.42. The molecule has 110 valence electrons. The van der Waals surface area contributed by atoms with E-state index in [4.69, 9.17) is 4.74 Å². The van der Waals surface area contributed by atoms with E-state index in [0.717, 1.165) is 24.5 Å². The zero-order valence-corrected chi connectivity index (χ0v) is 13.1. The fraction of sp³-hybridized carbons (Fsp3) is 0.533. The highest BCUT2D eigenvalue weighted by Gasteiger charge is 2.23. The van der Waals surface area contributed by atoms with Gasteiger partial charge in [0.1, 0.15) is 5.75 Å². The van der Waals surface area contributed by atoms with Gasteiger partial charge in [-0.2, -0.15) is 11.8 Å². The van der Waals surface area contributed by atoms with Crippen LogP contribution in [0.5, 0.6) is 5.75 Å². The summed E-state index contributed by atoms with van der Waals surface area (Å²) in [5, 5.41) is 3.04. The molecule has 2 amide bonds. The minimum Gasteiger partial charge on any atom is -0.496 e. The van der Waals surface area contributed by atoms with Crippen LogP contribution in [-0.4, -0.2) is 42.6 Å². The minimum atomic E-state index is 0.0278. The van der Waals surface area contributed by atoms with Gasteiger partial charge in [-0.05, 0) is 31.2 Å². The van der Waals surface area contributed by atoms with Gasteiger partial charge in [0, 0.05) is 30.4 Å². The molecule has 0 radical (unpaired) electrons. The van der Waals surface area contributed by atoms with Crippen molar-refractivity contribution in [2.24, 2.45) is 0 Å². The van der Waals surface area contributed by atoms with Crippen LogP contribution in [0, 0.1) is 0 Å². The van der Waals surface area contributed by atoms with Crippen LogP contribution in [0.15, 0.2) is 18.2 Å². The number of fused-ring (bicyclic) bond motifs is 1. The van der Waals surface area contributed by atoms with Crippen molar-refractivity contribution in [2.75, 3.05) is 25.7 Å². The Kier molecular flexibility index (Phi) is 5.17. The molecular weight excluding hydrogens is 272 g/mol. The largest absolute Gasteiger partial charge is 0.496 e. The number of methoxy groups -OCH3 is 1. The quantitative estimate of drug-likeness (QED) is 0.928. The number of carbonyl (C=O) groups excluding carboxylic acids is 1. The number of carbonyl (C=O) groups is 1. The molecule has 5 heteroatoms. The van der Waals surface area contributed by atoms with Gasteiger partial charge in [0.25, 0.3) is 0 Å². The molecule has 0 aliphatic carbocycles. The average Bonchev–Trinajstić information content (AvgIpc) is 2.46. The van der Waals surface area contributed by atoms with E-state index < -0.39 is 0 Å². The first kappa shape index (κ1) is 15.0. The molecule has 1 aliphatic rings. The Morgan fingerprint density at radius 3 is 3.05 bits per heavy atom. The molecule has 4 nitrogen and oxygen atoms in total. The summed E-state index contributed by atoms with van der Waals surface area (Å²) in [5.74, 6) is 1.86. The number of hydrogen-bond donors (Lipinski definition) is 1. The topological polar surface area (TPSA) is 41.6 Å². The summed E-state index contributed by atoms with van der Waals surface area (Å²) in [6.45, 7) is 3.44. The van der Waals surface area contributed by atoms with E-state index in [1.807, 2.05) is 30.2 Å². The molecule has 2 rings (SSSR count). The molecule has 0 fully saturated rings. The lowest BCUT2D eigenvalue weighted by Crippen LogP contribution is -2.46. The first-order valence-electron chi connectivity index (χ1n) is 6.84. The van der Waals surface area contributed by atoms with Crippen molar-refractivity contribution < 1.29 is 9.53 Å². The minimum absolute atomic E-state index is 0.0278. The Bertz CT molecular complexity index is 479. The van der Waals surface area contributed by atoms with Gasteiger partial charge in [0.15, 0.2) is 0 Å². The maximum atomic E-state index is 12.2. The first-order valence-corrected chi connectivity index (χ1v) is 8.24. The van der Waals surface area contributed by atoms with Crippen molar-refractivity contribution in [3.8, 4) is 5.75 Å². The summed E-state index contributed by atoms with van der Waals surface area (Å²) < 4.78 is 5.38. The molecule has 0 spiro atoms. The zero-order chi connectivity index (χ0) is 14.5. The zero-order valence-electron chi connectivity index (χ0n) is 12.3. The van der Waals surface area contributed by atoms with Crippen LogP contribution in [-0.2, 0) is 13.0 Å². The molecule has 1 N–H and O–H groups in total. The van der Waals surface area contributed by atoms with Crippen molar-refractivity contribution in [1.29, 1.82) is 0 Å². The van der Waals surface area contributed by atoms with Gasteiger partial charge in [-0.1, -0.05) is 12.1 Å². The first-order chi connectivity index (χ1) is 9.65. The number of urea groups is 1. The Morgan fingerprint density at radius 1 is 1.55 bits per heavy atom. The Hall–Kier alpha value is -1.36. The summed E-state index contributed by atoms with van der Waals surface area (Å²) in [6.07, 6.45) is 2.90. The maximum absolute atomic E-state index is 12.2. The Morgan fingerprint density at radius 2 is 2.35 bits per heavy atom. The molecule has 0 bridgehead atoms. The molecule has 0 unspecified atom stereocenters. The summed E-state index contributed by atoms with van der Waals surface area (Å²) in [4.78, 5) is 14.1. The highest BCUT2D eigenvalue weighted by atomic mass is 32.2. The van der Waals surface area contributed by atoms with Crippen LogP contribution in [0.2, 0.25) is 0 Å². The second kappa shape index (κ2) is 6.88. The van der Waals surface area contributed by atoms with Crippen molar-refractivity contribution in [3.63, 3.8) is 0 Å². The summed E-state index contributed by atoms with van der Waals surface area (Å²) >= 11 is 1.74. The fourth-order valence-electron chi connectivity index (χ4n) is 2.53. The highest BCUT2D eigenvalue weighted by Crippen LogP contribution is 2.27. The molecule has 1 atom stereocenters. The van der Waals surface area contributed by atoms with E-state index in [-0.39, 0.29) is 12.1 Å². The second-order valence-corrected chi connectivity index (χ2v) is 5.99. The third-order valence-electron chi connectivity index (χ3n) is 3.52. The Balaban J connectivity index is 2.02. The number of thioether (sulfide) groups is 1. The molecular formula is C15H22N2O2S. The summed E-state index contributed by atoms with van der Waals surface area (Å²) in [6, 6.07) is 6.26. The number of rotatable bonds is 4. The smallest absolute Gasteiger partial charge is 0.317 e. The van der Waals surface area contributed by atoms with Crippen LogP contribution in [0.25, 0.3) is 0 Å². The van der Waals surface area contributed by atoms with Gasteiger partial charge in [0.2, 0.25) is 0 Å². The summed E-state index contributed by atoms with van der Waals surface area (Å²) in [7, 11) is 1.69. The number of amides is 2. The number of ether oxygens (including phenoxy) is 1. The molecule has 1 aliphatic heterocycles. The van der Waals surface area contributed by atoms with Crippen molar-refractivity contribution >= 4 is 17.8 Å². The van der Waals surface area contributed by atoms with Crippen LogP contribution in [0.4, 0.5) is 4.79 Å². The van der Waals surface area contributed by atoms with E-state index in [1.165, 1.54) is 11.1 Å². The van der Waals surface area contributed by atoms with Crippen molar-refractivity contribution in [2.45, 2.75) is 25.9 Å². The van der Waals surface area contributed by atoms with Crippen LogP contribution < -0.4 is 10.1 Å². The van der Waals surface area contributed by atoms with Crippen LogP contribution in [0.1, 0.15) is 18.1 Å². The van der Waals surface area contributed by atoms with Crippen molar-refractivity contribution in [1.82, 2.24) is 10.2 Å². The van der Waals surface area contributed by atoms with Gasteiger partial charge in [-0.25, -0.2) is 4.79 Å². The van der Waals surface area contributed by atoms with Crippen LogP contribution in [0.3, 0.4) is 0 Å². The maximum Gasteiger partial charge on any atom is 0.317 e. The van der Waals surface area contributed by atoms with Gasteiger partial charge >= 0.3 is 6.03 Å². The number of nitrogens with one attached hydrogen (secondary N) is 1. The van der Waals surface area contributed by atoms with E-state index in [1.54, 1.807) is 18.9 Å². The van der Waals surface area contributed by atoms with E-state index in [2.05, 4.69) is 11.4 Å². The number of nitrogens with zero attached hydrogens (tertiary/aromatic N) is 1. The monoisotopic (exact) mass is 294 g/mol. The molecule has 1 aromatic rings. The molecule has 1 aromatic carbocycles. The van der Waals surface area contributed by atoms with Crippen LogP contribution >= 0.6 is 11.8 Å². The molecule has 0 aromatic heterocycles. The number of hydrogen-bond acceptors (Lipinski definition) is 3. The third-order valence-corrected chi connectivity index (χ3v) is 4.35. The molecule has 0 saturated heterocycles. The van der Waals surface area contributed by atoms with Gasteiger partial charge in [-0.15, -0.1) is 0 Å². The molecule has 1 heterocycles. The molecule has 20 heavy (non-hydrogen) atoms. The fourth-order valence-corrected chi connectivity index (χ4v) is 3.12. The third kappa shape index (κ3) is 3.39. The van der Waals surface area contributed by atoms with Crippen molar-refractivity contribution in [3.05, 3.63) is 29.3 Å². The predicted octanol–water partition coefficient (Wildman–Crippen LogP) is 2.51. The molecule has 0 saturated carbocycles. The lowest BCUT2D eigenvalue weighted by molar-refractivity contribution is 0.189. The van der Waals surface area contributed by atoms with Gasteiger partial charge in [-0.3, -0.25) is 0 Å². The predicted molar refractivity (Wildman–Crippen MR) is 83.5 cm³/mol. The lowest BCUT2D eigenvalue weighted by Gasteiger charge is -2.30. The van der Waals surface area contributed by atoms with E-state index in [9.17, 15) is 4.79 Å².